The molecule has 1 aromatic carbocycles. The smallest absolute Gasteiger partial charge is 0.126 e. The summed E-state index contributed by atoms with van der Waals surface area (Å²) in [5.41, 5.74) is 3.52. The first kappa shape index (κ1) is 15.0. The second-order valence-corrected chi connectivity index (χ2v) is 5.81. The number of nitrogens with one attached hydrogen (secondary N) is 1. The summed E-state index contributed by atoms with van der Waals surface area (Å²) in [7, 11) is 1.96. The van der Waals surface area contributed by atoms with E-state index < -0.39 is 0 Å². The number of halogens is 1. The third-order valence-corrected chi connectivity index (χ3v) is 4.37. The fourth-order valence-corrected chi connectivity index (χ4v) is 2.93. The van der Waals surface area contributed by atoms with Gasteiger partial charge in [-0.3, -0.25) is 4.68 Å². The molecule has 1 unspecified atom stereocenters. The topological polar surface area (TPSA) is 39.1 Å². The molecular formula is C17H22FN3O. The summed E-state index contributed by atoms with van der Waals surface area (Å²) in [6.07, 6.45) is 4.84. The van der Waals surface area contributed by atoms with Gasteiger partial charge in [-0.2, -0.15) is 5.10 Å². The van der Waals surface area contributed by atoms with Gasteiger partial charge in [-0.25, -0.2) is 4.39 Å². The number of nitrogens with zero attached hydrogens (tertiary/aromatic N) is 2. The van der Waals surface area contributed by atoms with Crippen LogP contribution in [0.3, 0.4) is 0 Å². The van der Waals surface area contributed by atoms with Gasteiger partial charge in [0.05, 0.1) is 12.8 Å². The van der Waals surface area contributed by atoms with Gasteiger partial charge in [0.1, 0.15) is 11.6 Å². The van der Waals surface area contributed by atoms with Gasteiger partial charge in [-0.1, -0.05) is 6.07 Å². The van der Waals surface area contributed by atoms with Gasteiger partial charge in [0.25, 0.3) is 0 Å². The van der Waals surface area contributed by atoms with Crippen molar-refractivity contribution in [1.82, 2.24) is 15.1 Å². The van der Waals surface area contributed by atoms with Crippen molar-refractivity contribution in [3.63, 3.8) is 0 Å². The van der Waals surface area contributed by atoms with Gasteiger partial charge >= 0.3 is 0 Å². The van der Waals surface area contributed by atoms with Gasteiger partial charge < -0.3 is 10.1 Å². The summed E-state index contributed by atoms with van der Waals surface area (Å²) in [6.45, 7) is 3.60. The SMILES string of the molecule is Cc1c(CCNC2CCCOc3cc(F)ccc32)cnn1C. The minimum Gasteiger partial charge on any atom is -0.493 e. The maximum absolute atomic E-state index is 13.4. The standard InChI is InChI=1S/C17H22FN3O/c1-12-13(11-20-21(12)2)7-8-19-16-4-3-9-22-17-10-14(18)5-6-15(16)17/h5-6,10-11,16,19H,3-4,7-9H2,1-2H3. The van der Waals surface area contributed by atoms with Crippen LogP contribution in [0, 0.1) is 12.7 Å². The minimum absolute atomic E-state index is 0.218. The number of fused-ring (bicyclic) bond motifs is 1. The molecule has 0 spiro atoms. The van der Waals surface area contributed by atoms with Crippen LogP contribution in [-0.2, 0) is 13.5 Å². The van der Waals surface area contributed by atoms with Crippen molar-refractivity contribution >= 4 is 0 Å². The number of aromatic nitrogens is 2. The van der Waals surface area contributed by atoms with E-state index >= 15 is 0 Å². The van der Waals surface area contributed by atoms with E-state index in [0.29, 0.717) is 12.4 Å². The van der Waals surface area contributed by atoms with Crippen molar-refractivity contribution < 1.29 is 9.13 Å². The van der Waals surface area contributed by atoms with E-state index in [1.54, 1.807) is 0 Å². The molecule has 0 saturated heterocycles. The Labute approximate surface area is 130 Å². The molecule has 118 valence electrons. The van der Waals surface area contributed by atoms with E-state index in [0.717, 1.165) is 31.4 Å². The van der Waals surface area contributed by atoms with E-state index in [1.807, 2.05) is 24.0 Å². The molecule has 2 aromatic rings. The lowest BCUT2D eigenvalue weighted by atomic mass is 10.0. The van der Waals surface area contributed by atoms with E-state index in [-0.39, 0.29) is 11.9 Å². The Balaban J connectivity index is 1.66. The molecular weight excluding hydrogens is 281 g/mol. The molecule has 3 rings (SSSR count). The van der Waals surface area contributed by atoms with Crippen molar-refractivity contribution in [1.29, 1.82) is 0 Å². The van der Waals surface area contributed by atoms with Crippen LogP contribution in [0.5, 0.6) is 5.75 Å². The first-order valence-electron chi connectivity index (χ1n) is 7.78. The first-order chi connectivity index (χ1) is 10.6. The van der Waals surface area contributed by atoms with Crippen molar-refractivity contribution in [3.05, 3.63) is 47.0 Å². The first-order valence-corrected chi connectivity index (χ1v) is 7.78. The fourth-order valence-electron chi connectivity index (χ4n) is 2.93. The molecule has 2 heterocycles. The Hall–Kier alpha value is -1.88. The number of rotatable bonds is 4. The van der Waals surface area contributed by atoms with Crippen LogP contribution in [0.25, 0.3) is 0 Å². The predicted molar refractivity (Wildman–Crippen MR) is 83.5 cm³/mol. The third kappa shape index (κ3) is 3.14. The van der Waals surface area contributed by atoms with Crippen molar-refractivity contribution in [2.24, 2.45) is 7.05 Å². The summed E-state index contributed by atoms with van der Waals surface area (Å²) in [4.78, 5) is 0. The highest BCUT2D eigenvalue weighted by atomic mass is 19.1. The fraction of sp³-hybridized carbons (Fsp3) is 0.471. The predicted octanol–water partition coefficient (Wildman–Crippen LogP) is 2.91. The molecule has 1 N–H and O–H groups in total. The summed E-state index contributed by atoms with van der Waals surface area (Å²) in [6, 6.07) is 5.05. The molecule has 1 aliphatic rings. The van der Waals surface area contributed by atoms with Gasteiger partial charge in [0.2, 0.25) is 0 Å². The summed E-state index contributed by atoms with van der Waals surface area (Å²) in [5, 5.41) is 7.85. The normalized spacial score (nSPS) is 17.7. The van der Waals surface area contributed by atoms with Crippen LogP contribution >= 0.6 is 0 Å². The van der Waals surface area contributed by atoms with Crippen LogP contribution in [0.1, 0.15) is 35.7 Å². The summed E-state index contributed by atoms with van der Waals surface area (Å²) < 4.78 is 20.9. The summed E-state index contributed by atoms with van der Waals surface area (Å²) in [5.74, 6) is 0.429. The summed E-state index contributed by atoms with van der Waals surface area (Å²) >= 11 is 0. The van der Waals surface area contributed by atoms with E-state index in [9.17, 15) is 4.39 Å². The number of hydrogen-bond donors (Lipinski definition) is 1. The zero-order chi connectivity index (χ0) is 15.5. The van der Waals surface area contributed by atoms with Crippen LogP contribution in [0.2, 0.25) is 0 Å². The Morgan fingerprint density at radius 2 is 2.32 bits per heavy atom. The zero-order valence-electron chi connectivity index (χ0n) is 13.1. The molecule has 1 aliphatic heterocycles. The maximum Gasteiger partial charge on any atom is 0.126 e. The number of benzene rings is 1. The molecule has 22 heavy (non-hydrogen) atoms. The van der Waals surface area contributed by atoms with Crippen LogP contribution in [0.4, 0.5) is 4.39 Å². The molecule has 5 heteroatoms. The Morgan fingerprint density at radius 3 is 3.09 bits per heavy atom. The average Bonchev–Trinajstić information content (AvgIpc) is 2.72. The largest absolute Gasteiger partial charge is 0.493 e. The molecule has 0 bridgehead atoms. The number of aryl methyl sites for hydroxylation is 1. The van der Waals surface area contributed by atoms with Crippen molar-refractivity contribution in [2.45, 2.75) is 32.2 Å². The molecule has 1 aromatic heterocycles. The van der Waals surface area contributed by atoms with Crippen molar-refractivity contribution in [2.75, 3.05) is 13.2 Å². The lowest BCUT2D eigenvalue weighted by Crippen LogP contribution is -2.23. The molecule has 0 amide bonds. The molecule has 0 saturated carbocycles. The van der Waals surface area contributed by atoms with Gasteiger partial charge in [0.15, 0.2) is 0 Å². The molecule has 4 nitrogen and oxygen atoms in total. The highest BCUT2D eigenvalue weighted by Crippen LogP contribution is 2.32. The Bertz CT molecular complexity index is 653. The second-order valence-electron chi connectivity index (χ2n) is 5.81. The molecule has 0 fully saturated rings. The third-order valence-electron chi connectivity index (χ3n) is 4.37. The van der Waals surface area contributed by atoms with E-state index in [4.69, 9.17) is 4.74 Å². The molecule has 0 radical (unpaired) electrons. The lowest BCUT2D eigenvalue weighted by Gasteiger charge is -2.18. The number of ether oxygens (including phenoxy) is 1. The second kappa shape index (κ2) is 6.48. The molecule has 0 aliphatic carbocycles. The van der Waals surface area contributed by atoms with Crippen LogP contribution in [-0.4, -0.2) is 22.9 Å². The van der Waals surface area contributed by atoms with Gasteiger partial charge in [0, 0.05) is 30.4 Å². The van der Waals surface area contributed by atoms with Crippen LogP contribution < -0.4 is 10.1 Å². The number of hydrogen-bond acceptors (Lipinski definition) is 3. The lowest BCUT2D eigenvalue weighted by molar-refractivity contribution is 0.314. The van der Waals surface area contributed by atoms with E-state index in [2.05, 4.69) is 17.3 Å². The Morgan fingerprint density at radius 1 is 1.45 bits per heavy atom. The average molecular weight is 303 g/mol. The highest BCUT2D eigenvalue weighted by molar-refractivity contribution is 5.37. The zero-order valence-corrected chi connectivity index (χ0v) is 13.1. The quantitative estimate of drug-likeness (QED) is 0.944. The maximum atomic E-state index is 13.4. The van der Waals surface area contributed by atoms with Gasteiger partial charge in [-0.15, -0.1) is 0 Å². The van der Waals surface area contributed by atoms with Crippen LogP contribution in [0.15, 0.2) is 24.4 Å². The highest BCUT2D eigenvalue weighted by Gasteiger charge is 2.19. The van der Waals surface area contributed by atoms with E-state index in [1.165, 1.54) is 23.4 Å². The monoisotopic (exact) mass is 303 g/mol. The molecule has 1 atom stereocenters. The Kier molecular flexibility index (Phi) is 4.43. The minimum atomic E-state index is -0.245. The van der Waals surface area contributed by atoms with Crippen molar-refractivity contribution in [3.8, 4) is 5.75 Å². The van der Waals surface area contributed by atoms with Gasteiger partial charge in [-0.05, 0) is 44.4 Å².